The Kier molecular flexibility index (Phi) is 2.63. The zero-order valence-corrected chi connectivity index (χ0v) is 7.50. The van der Waals surface area contributed by atoms with Crippen LogP contribution in [-0.2, 0) is 6.18 Å². The standard InChI is InChI=1S/C7H3Cl2F3O/c8-3-1-2-4(13)5(6(3)9)7(10,11)12/h1-2,13H. The summed E-state index contributed by atoms with van der Waals surface area (Å²) in [6.45, 7) is 0. The molecule has 1 nitrogen and oxygen atoms in total. The van der Waals surface area contributed by atoms with Gasteiger partial charge in [-0.1, -0.05) is 23.2 Å². The first kappa shape index (κ1) is 10.5. The van der Waals surface area contributed by atoms with E-state index in [-0.39, 0.29) is 5.02 Å². The molecule has 1 aromatic carbocycles. The van der Waals surface area contributed by atoms with Crippen LogP contribution in [0, 0.1) is 0 Å². The number of aromatic hydroxyl groups is 1. The van der Waals surface area contributed by atoms with Crippen LogP contribution in [0.3, 0.4) is 0 Å². The summed E-state index contributed by atoms with van der Waals surface area (Å²) in [7, 11) is 0. The van der Waals surface area contributed by atoms with Gasteiger partial charge < -0.3 is 5.11 Å². The topological polar surface area (TPSA) is 20.2 Å². The Morgan fingerprint density at radius 3 is 2.08 bits per heavy atom. The summed E-state index contributed by atoms with van der Waals surface area (Å²) in [6.07, 6.45) is -4.70. The minimum absolute atomic E-state index is 0.244. The largest absolute Gasteiger partial charge is 0.507 e. The Bertz CT molecular complexity index is 335. The Morgan fingerprint density at radius 2 is 1.69 bits per heavy atom. The molecule has 0 amide bonds. The third-order valence-electron chi connectivity index (χ3n) is 1.36. The van der Waals surface area contributed by atoms with Crippen LogP contribution >= 0.6 is 23.2 Å². The van der Waals surface area contributed by atoms with E-state index in [1.165, 1.54) is 0 Å². The van der Waals surface area contributed by atoms with Crippen molar-refractivity contribution in [2.45, 2.75) is 6.18 Å². The molecule has 1 rings (SSSR count). The molecule has 0 saturated heterocycles. The predicted octanol–water partition coefficient (Wildman–Crippen LogP) is 3.72. The molecular formula is C7H3Cl2F3O. The summed E-state index contributed by atoms with van der Waals surface area (Å²) >= 11 is 10.6. The maximum absolute atomic E-state index is 12.2. The molecule has 0 saturated carbocycles. The molecule has 0 unspecified atom stereocenters. The third kappa shape index (κ3) is 2.00. The SMILES string of the molecule is Oc1ccc(Cl)c(Cl)c1C(F)(F)F. The minimum Gasteiger partial charge on any atom is -0.507 e. The van der Waals surface area contributed by atoms with Crippen molar-refractivity contribution < 1.29 is 18.3 Å². The van der Waals surface area contributed by atoms with Gasteiger partial charge in [0, 0.05) is 0 Å². The highest BCUT2D eigenvalue weighted by Crippen LogP contribution is 2.43. The first-order valence-corrected chi connectivity index (χ1v) is 3.84. The van der Waals surface area contributed by atoms with E-state index in [4.69, 9.17) is 28.3 Å². The van der Waals surface area contributed by atoms with Gasteiger partial charge in [-0.2, -0.15) is 13.2 Å². The second-order valence-corrected chi connectivity index (χ2v) is 3.04. The van der Waals surface area contributed by atoms with E-state index in [9.17, 15) is 13.2 Å². The average Bonchev–Trinajstić information content (AvgIpc) is 1.95. The molecule has 0 aliphatic carbocycles. The number of benzene rings is 1. The molecule has 0 heterocycles. The van der Waals surface area contributed by atoms with Gasteiger partial charge in [-0.3, -0.25) is 0 Å². The fourth-order valence-electron chi connectivity index (χ4n) is 0.810. The van der Waals surface area contributed by atoms with Crippen molar-refractivity contribution in [2.75, 3.05) is 0 Å². The minimum atomic E-state index is -4.70. The first-order chi connectivity index (χ1) is 5.84. The highest BCUT2D eigenvalue weighted by atomic mass is 35.5. The molecule has 0 bridgehead atoms. The first-order valence-electron chi connectivity index (χ1n) is 3.08. The molecular weight excluding hydrogens is 228 g/mol. The van der Waals surface area contributed by atoms with Crippen molar-refractivity contribution in [3.05, 3.63) is 27.7 Å². The van der Waals surface area contributed by atoms with Crippen LogP contribution in [0.15, 0.2) is 12.1 Å². The maximum atomic E-state index is 12.2. The molecule has 0 atom stereocenters. The molecule has 1 aromatic rings. The molecule has 1 N–H and O–H groups in total. The van der Waals surface area contributed by atoms with Gasteiger partial charge in [0.1, 0.15) is 11.3 Å². The highest BCUT2D eigenvalue weighted by Gasteiger charge is 2.37. The Morgan fingerprint density at radius 1 is 1.15 bits per heavy atom. The van der Waals surface area contributed by atoms with Crippen LogP contribution in [0.25, 0.3) is 0 Å². The molecule has 0 aliphatic rings. The molecule has 6 heteroatoms. The number of alkyl halides is 3. The Labute approximate surface area is 81.7 Å². The van der Waals surface area contributed by atoms with Gasteiger partial charge in [-0.15, -0.1) is 0 Å². The van der Waals surface area contributed by atoms with E-state index in [1.807, 2.05) is 0 Å². The lowest BCUT2D eigenvalue weighted by Crippen LogP contribution is -2.06. The predicted molar refractivity (Wildman–Crippen MR) is 43.1 cm³/mol. The van der Waals surface area contributed by atoms with Gasteiger partial charge in [-0.25, -0.2) is 0 Å². The van der Waals surface area contributed by atoms with E-state index in [1.54, 1.807) is 0 Å². The Hall–Kier alpha value is -0.610. The second kappa shape index (κ2) is 3.27. The zero-order valence-electron chi connectivity index (χ0n) is 5.99. The van der Waals surface area contributed by atoms with Crippen molar-refractivity contribution >= 4 is 23.2 Å². The van der Waals surface area contributed by atoms with Gasteiger partial charge in [0.05, 0.1) is 10.0 Å². The Balaban J connectivity index is 3.43. The summed E-state index contributed by atoms with van der Waals surface area (Å²) in [4.78, 5) is 0. The number of phenolic OH excluding ortho intramolecular Hbond substituents is 1. The lowest BCUT2D eigenvalue weighted by Gasteiger charge is -2.11. The smallest absolute Gasteiger partial charge is 0.421 e. The van der Waals surface area contributed by atoms with Crippen molar-refractivity contribution in [3.8, 4) is 5.75 Å². The zero-order chi connectivity index (χ0) is 10.2. The van der Waals surface area contributed by atoms with Crippen LogP contribution in [-0.4, -0.2) is 5.11 Å². The average molecular weight is 231 g/mol. The molecule has 13 heavy (non-hydrogen) atoms. The fraction of sp³-hybridized carbons (Fsp3) is 0.143. The number of hydrogen-bond acceptors (Lipinski definition) is 1. The molecule has 0 spiro atoms. The van der Waals surface area contributed by atoms with Crippen molar-refractivity contribution in [1.29, 1.82) is 0 Å². The van der Waals surface area contributed by atoms with Crippen molar-refractivity contribution in [3.63, 3.8) is 0 Å². The van der Waals surface area contributed by atoms with Crippen LogP contribution in [0.5, 0.6) is 5.75 Å². The summed E-state index contributed by atoms with van der Waals surface area (Å²) in [5.74, 6) is -0.929. The molecule has 0 radical (unpaired) electrons. The van der Waals surface area contributed by atoms with Crippen molar-refractivity contribution in [1.82, 2.24) is 0 Å². The normalized spacial score (nSPS) is 11.8. The van der Waals surface area contributed by atoms with Gasteiger partial charge in [0.25, 0.3) is 0 Å². The third-order valence-corrected chi connectivity index (χ3v) is 2.16. The second-order valence-electron chi connectivity index (χ2n) is 2.25. The lowest BCUT2D eigenvalue weighted by atomic mass is 10.2. The quantitative estimate of drug-likeness (QED) is 0.721. The maximum Gasteiger partial charge on any atom is 0.421 e. The molecule has 72 valence electrons. The summed E-state index contributed by atoms with van der Waals surface area (Å²) in [5.41, 5.74) is -1.30. The number of hydrogen-bond donors (Lipinski definition) is 1. The molecule has 0 aliphatic heterocycles. The number of phenols is 1. The van der Waals surface area contributed by atoms with E-state index in [0.717, 1.165) is 12.1 Å². The van der Waals surface area contributed by atoms with E-state index in [2.05, 4.69) is 0 Å². The number of rotatable bonds is 0. The molecule has 0 fully saturated rings. The van der Waals surface area contributed by atoms with Gasteiger partial charge in [-0.05, 0) is 12.1 Å². The fourth-order valence-corrected chi connectivity index (χ4v) is 1.23. The molecule has 0 aromatic heterocycles. The monoisotopic (exact) mass is 230 g/mol. The van der Waals surface area contributed by atoms with Crippen LogP contribution in [0.2, 0.25) is 10.0 Å². The summed E-state index contributed by atoms with van der Waals surface area (Å²) < 4.78 is 36.6. The van der Waals surface area contributed by atoms with Gasteiger partial charge >= 0.3 is 6.18 Å². The number of halogens is 5. The van der Waals surface area contributed by atoms with Gasteiger partial charge in [0.2, 0.25) is 0 Å². The summed E-state index contributed by atoms with van der Waals surface area (Å²) in [5, 5.41) is 7.96. The van der Waals surface area contributed by atoms with E-state index < -0.39 is 22.5 Å². The van der Waals surface area contributed by atoms with Crippen molar-refractivity contribution in [2.24, 2.45) is 0 Å². The van der Waals surface area contributed by atoms with Gasteiger partial charge in [0.15, 0.2) is 0 Å². The van der Waals surface area contributed by atoms with Crippen LogP contribution < -0.4 is 0 Å². The van der Waals surface area contributed by atoms with E-state index in [0.29, 0.717) is 0 Å². The summed E-state index contributed by atoms with van der Waals surface area (Å²) in [6, 6.07) is 1.94. The highest BCUT2D eigenvalue weighted by molar-refractivity contribution is 6.42. The van der Waals surface area contributed by atoms with Crippen LogP contribution in [0.1, 0.15) is 5.56 Å². The van der Waals surface area contributed by atoms with Crippen LogP contribution in [0.4, 0.5) is 13.2 Å². The van der Waals surface area contributed by atoms with E-state index >= 15 is 0 Å². The lowest BCUT2D eigenvalue weighted by molar-refractivity contribution is -0.138.